The fourth-order valence-electron chi connectivity index (χ4n) is 3.84. The maximum atomic E-state index is 13.4. The first-order valence-electron chi connectivity index (χ1n) is 10.3. The van der Waals surface area contributed by atoms with Crippen molar-refractivity contribution in [2.45, 2.75) is 58.2 Å². The molecule has 5 nitrogen and oxygen atoms in total. The number of amides is 1. The number of hydrogen-bond acceptors (Lipinski definition) is 4. The second-order valence-corrected chi connectivity index (χ2v) is 7.75. The highest BCUT2D eigenvalue weighted by Gasteiger charge is 2.28. The average molecular weight is 398 g/mol. The molecular weight excluding hydrogens is 366 g/mol. The summed E-state index contributed by atoms with van der Waals surface area (Å²) in [6.07, 6.45) is 4.48. The maximum Gasteiger partial charge on any atom is 0.254 e. The van der Waals surface area contributed by atoms with Gasteiger partial charge in [-0.2, -0.15) is 0 Å². The Bertz CT molecular complexity index is 810. The topological polar surface area (TPSA) is 48.0 Å². The van der Waals surface area contributed by atoms with E-state index in [9.17, 15) is 4.79 Å². The fourth-order valence-corrected chi connectivity index (χ4v) is 3.84. The van der Waals surface area contributed by atoms with Gasteiger partial charge in [-0.05, 0) is 68.7 Å². The highest BCUT2D eigenvalue weighted by molar-refractivity contribution is 5.94. The fraction of sp³-hybridized carbons (Fsp3) is 0.458. The minimum absolute atomic E-state index is 0.0472. The number of rotatable bonds is 8. The van der Waals surface area contributed by atoms with E-state index in [0.29, 0.717) is 23.6 Å². The zero-order chi connectivity index (χ0) is 20.8. The van der Waals surface area contributed by atoms with Gasteiger partial charge in [0.05, 0.1) is 20.3 Å². The van der Waals surface area contributed by atoms with Crippen LogP contribution in [0.4, 0.5) is 0 Å². The van der Waals surface area contributed by atoms with E-state index in [0.717, 1.165) is 24.2 Å². The third-order valence-electron chi connectivity index (χ3n) is 5.31. The van der Waals surface area contributed by atoms with Gasteiger partial charge in [-0.3, -0.25) is 4.79 Å². The molecule has 2 aromatic carbocycles. The number of ether oxygens (including phenoxy) is 3. The number of carbonyl (C=O) groups is 1. The van der Waals surface area contributed by atoms with Crippen LogP contribution in [0.3, 0.4) is 0 Å². The molecule has 0 aromatic heterocycles. The van der Waals surface area contributed by atoms with Crippen LogP contribution in [0.5, 0.6) is 17.2 Å². The van der Waals surface area contributed by atoms with Gasteiger partial charge in [-0.15, -0.1) is 0 Å². The Balaban J connectivity index is 1.86. The molecule has 0 heterocycles. The summed E-state index contributed by atoms with van der Waals surface area (Å²) >= 11 is 0. The molecule has 0 radical (unpaired) electrons. The second-order valence-electron chi connectivity index (χ2n) is 7.75. The lowest BCUT2D eigenvalue weighted by molar-refractivity contribution is 0.0664. The van der Waals surface area contributed by atoms with Gasteiger partial charge in [0, 0.05) is 18.2 Å². The highest BCUT2D eigenvalue weighted by atomic mass is 16.5. The summed E-state index contributed by atoms with van der Waals surface area (Å²) in [5.74, 6) is 2.22. The summed E-state index contributed by atoms with van der Waals surface area (Å²) in [6.45, 7) is 4.53. The number of benzene rings is 2. The largest absolute Gasteiger partial charge is 0.497 e. The third kappa shape index (κ3) is 5.22. The Morgan fingerprint density at radius 3 is 2.28 bits per heavy atom. The van der Waals surface area contributed by atoms with Crippen molar-refractivity contribution < 1.29 is 19.0 Å². The van der Waals surface area contributed by atoms with Crippen molar-refractivity contribution >= 4 is 5.91 Å². The molecule has 1 aliphatic carbocycles. The molecule has 2 aromatic rings. The van der Waals surface area contributed by atoms with E-state index >= 15 is 0 Å². The lowest BCUT2D eigenvalue weighted by atomic mass is 10.1. The van der Waals surface area contributed by atoms with Gasteiger partial charge in [0.15, 0.2) is 11.5 Å². The Morgan fingerprint density at radius 2 is 1.69 bits per heavy atom. The lowest BCUT2D eigenvalue weighted by Gasteiger charge is -2.29. The summed E-state index contributed by atoms with van der Waals surface area (Å²) in [5.41, 5.74) is 1.72. The molecule has 0 N–H and O–H groups in total. The van der Waals surface area contributed by atoms with E-state index in [1.165, 1.54) is 12.8 Å². The van der Waals surface area contributed by atoms with Crippen molar-refractivity contribution in [1.82, 2.24) is 4.90 Å². The van der Waals surface area contributed by atoms with Gasteiger partial charge >= 0.3 is 0 Å². The van der Waals surface area contributed by atoms with Crippen LogP contribution in [0.25, 0.3) is 0 Å². The molecule has 156 valence electrons. The van der Waals surface area contributed by atoms with E-state index in [4.69, 9.17) is 14.2 Å². The first-order chi connectivity index (χ1) is 14.0. The summed E-state index contributed by atoms with van der Waals surface area (Å²) in [5, 5.41) is 0. The van der Waals surface area contributed by atoms with E-state index in [-0.39, 0.29) is 18.1 Å². The Kier molecular flexibility index (Phi) is 7.02. The molecule has 3 rings (SSSR count). The molecule has 0 spiro atoms. The van der Waals surface area contributed by atoms with Crippen LogP contribution in [0, 0.1) is 0 Å². The van der Waals surface area contributed by atoms with Crippen LogP contribution in [0.15, 0.2) is 42.5 Å². The van der Waals surface area contributed by atoms with E-state index in [2.05, 4.69) is 0 Å². The summed E-state index contributed by atoms with van der Waals surface area (Å²) in [4.78, 5) is 15.4. The molecule has 1 aliphatic rings. The maximum absolute atomic E-state index is 13.4. The van der Waals surface area contributed by atoms with Gasteiger partial charge in [-0.1, -0.05) is 18.9 Å². The van der Waals surface area contributed by atoms with Crippen molar-refractivity contribution in [2.24, 2.45) is 0 Å². The zero-order valence-corrected chi connectivity index (χ0v) is 17.8. The average Bonchev–Trinajstić information content (AvgIpc) is 3.26. The molecule has 1 amide bonds. The Morgan fingerprint density at radius 1 is 1.00 bits per heavy atom. The standard InChI is InChI=1S/C24H31NO4/c1-17(2)29-23-15-18(9-14-22(23)28-4)16-25(20-7-5-6-8-20)24(26)19-10-12-21(27-3)13-11-19/h9-15,17,20H,5-8,16H2,1-4H3. The van der Waals surface area contributed by atoms with E-state index in [1.807, 2.05) is 61.2 Å². The van der Waals surface area contributed by atoms with Crippen molar-refractivity contribution in [2.75, 3.05) is 14.2 Å². The van der Waals surface area contributed by atoms with Crippen molar-refractivity contribution in [3.8, 4) is 17.2 Å². The van der Waals surface area contributed by atoms with Crippen LogP contribution in [-0.2, 0) is 6.54 Å². The van der Waals surface area contributed by atoms with Crippen LogP contribution in [-0.4, -0.2) is 37.2 Å². The number of carbonyl (C=O) groups excluding carboxylic acids is 1. The monoisotopic (exact) mass is 397 g/mol. The molecule has 0 unspecified atom stereocenters. The smallest absolute Gasteiger partial charge is 0.254 e. The summed E-state index contributed by atoms with van der Waals surface area (Å²) < 4.78 is 16.6. The molecule has 0 atom stereocenters. The van der Waals surface area contributed by atoms with Crippen LogP contribution >= 0.6 is 0 Å². The zero-order valence-electron chi connectivity index (χ0n) is 17.8. The molecule has 5 heteroatoms. The highest BCUT2D eigenvalue weighted by Crippen LogP contribution is 2.32. The number of nitrogens with zero attached hydrogens (tertiary/aromatic N) is 1. The van der Waals surface area contributed by atoms with Gasteiger partial charge < -0.3 is 19.1 Å². The molecule has 1 saturated carbocycles. The van der Waals surface area contributed by atoms with E-state index < -0.39 is 0 Å². The number of methoxy groups -OCH3 is 2. The van der Waals surface area contributed by atoms with Crippen molar-refractivity contribution in [3.63, 3.8) is 0 Å². The molecule has 1 fully saturated rings. The molecular formula is C24H31NO4. The van der Waals surface area contributed by atoms with Gasteiger partial charge in [0.1, 0.15) is 5.75 Å². The quantitative estimate of drug-likeness (QED) is 0.623. The molecule has 0 aliphatic heterocycles. The Labute approximate surface area is 173 Å². The summed E-state index contributed by atoms with van der Waals surface area (Å²) in [7, 11) is 3.27. The van der Waals surface area contributed by atoms with Crippen LogP contribution in [0.2, 0.25) is 0 Å². The van der Waals surface area contributed by atoms with Crippen molar-refractivity contribution in [3.05, 3.63) is 53.6 Å². The second kappa shape index (κ2) is 9.68. The van der Waals surface area contributed by atoms with E-state index in [1.54, 1.807) is 14.2 Å². The lowest BCUT2D eigenvalue weighted by Crippen LogP contribution is -2.38. The van der Waals surface area contributed by atoms with Gasteiger partial charge in [0.25, 0.3) is 5.91 Å². The van der Waals surface area contributed by atoms with Gasteiger partial charge in [-0.25, -0.2) is 0 Å². The first kappa shape index (κ1) is 21.0. The molecule has 0 saturated heterocycles. The molecule has 0 bridgehead atoms. The molecule has 29 heavy (non-hydrogen) atoms. The minimum Gasteiger partial charge on any atom is -0.497 e. The first-order valence-corrected chi connectivity index (χ1v) is 10.3. The summed E-state index contributed by atoms with van der Waals surface area (Å²) in [6, 6.07) is 13.5. The van der Waals surface area contributed by atoms with Gasteiger partial charge in [0.2, 0.25) is 0 Å². The normalized spacial score (nSPS) is 14.1. The van der Waals surface area contributed by atoms with Crippen LogP contribution in [0.1, 0.15) is 55.5 Å². The predicted molar refractivity (Wildman–Crippen MR) is 114 cm³/mol. The minimum atomic E-state index is 0.0472. The number of hydrogen-bond donors (Lipinski definition) is 0. The Hall–Kier alpha value is -2.69. The van der Waals surface area contributed by atoms with Crippen molar-refractivity contribution in [1.29, 1.82) is 0 Å². The third-order valence-corrected chi connectivity index (χ3v) is 5.31. The predicted octanol–water partition coefficient (Wildman–Crippen LogP) is 5.08. The van der Waals surface area contributed by atoms with Crippen LogP contribution < -0.4 is 14.2 Å². The SMILES string of the molecule is COc1ccc(C(=O)N(Cc2ccc(OC)c(OC(C)C)c2)C2CCCC2)cc1.